The molecule has 1 aliphatic carbocycles. The Kier molecular flexibility index (Phi) is 2.45. The Hall–Kier alpha value is -0.540. The normalized spacial score (nSPS) is 29.4. The van der Waals surface area contributed by atoms with E-state index in [0.717, 1.165) is 12.8 Å². The van der Waals surface area contributed by atoms with Gasteiger partial charge in [0, 0.05) is 29.6 Å². The van der Waals surface area contributed by atoms with E-state index in [0.29, 0.717) is 12.0 Å². The monoisotopic (exact) mass is 220 g/mol. The maximum absolute atomic E-state index is 5.96. The third kappa shape index (κ3) is 1.79. The van der Waals surface area contributed by atoms with Crippen LogP contribution in [0, 0.1) is 0 Å². The summed E-state index contributed by atoms with van der Waals surface area (Å²) in [7, 11) is 0. The summed E-state index contributed by atoms with van der Waals surface area (Å²) in [6.07, 6.45) is 5.41. The first-order valence-corrected chi connectivity index (χ1v) is 6.79. The molecule has 0 amide bonds. The third-order valence-electron chi connectivity index (χ3n) is 3.42. The molecular weight excluding hydrogens is 204 g/mol. The lowest BCUT2D eigenvalue weighted by Gasteiger charge is -2.09. The van der Waals surface area contributed by atoms with Crippen molar-refractivity contribution >= 4 is 11.8 Å². The summed E-state index contributed by atoms with van der Waals surface area (Å²) in [5.41, 5.74) is 10.1. The van der Waals surface area contributed by atoms with Gasteiger partial charge in [-0.3, -0.25) is 4.98 Å². The highest BCUT2D eigenvalue weighted by atomic mass is 32.2. The molecule has 1 aliphatic heterocycles. The van der Waals surface area contributed by atoms with Crippen molar-refractivity contribution in [1.82, 2.24) is 4.98 Å². The summed E-state index contributed by atoms with van der Waals surface area (Å²) in [6, 6.07) is 2.63. The number of fused-ring (bicyclic) bond motifs is 1. The topological polar surface area (TPSA) is 38.9 Å². The number of hydrogen-bond acceptors (Lipinski definition) is 3. The maximum Gasteiger partial charge on any atom is 0.0446 e. The van der Waals surface area contributed by atoms with Crippen molar-refractivity contribution in [2.75, 3.05) is 11.5 Å². The Bertz CT molecular complexity index is 372. The molecule has 0 radical (unpaired) electrons. The van der Waals surface area contributed by atoms with Crippen LogP contribution in [0.4, 0.5) is 0 Å². The molecule has 80 valence electrons. The average Bonchev–Trinajstić information content (AvgIpc) is 2.82. The van der Waals surface area contributed by atoms with Crippen molar-refractivity contribution in [3.63, 3.8) is 0 Å². The van der Waals surface area contributed by atoms with Crippen LogP contribution in [0.1, 0.15) is 29.2 Å². The molecule has 0 bridgehead atoms. The van der Waals surface area contributed by atoms with Crippen LogP contribution in [-0.2, 0) is 12.8 Å². The summed E-state index contributed by atoms with van der Waals surface area (Å²) in [4.78, 5) is 4.60. The second-order valence-electron chi connectivity index (χ2n) is 4.61. The number of nitrogens with two attached hydrogens (primary N) is 1. The summed E-state index contributed by atoms with van der Waals surface area (Å²) >= 11 is 2.05. The van der Waals surface area contributed by atoms with E-state index in [1.165, 1.54) is 34.7 Å². The van der Waals surface area contributed by atoms with E-state index in [9.17, 15) is 0 Å². The zero-order valence-corrected chi connectivity index (χ0v) is 9.59. The van der Waals surface area contributed by atoms with Crippen LogP contribution in [0.15, 0.2) is 12.3 Å². The number of aromatic nitrogens is 1. The van der Waals surface area contributed by atoms with E-state index < -0.39 is 0 Å². The van der Waals surface area contributed by atoms with Crippen molar-refractivity contribution in [1.29, 1.82) is 0 Å². The number of hydrogen-bond donors (Lipinski definition) is 1. The first-order valence-electron chi connectivity index (χ1n) is 5.64. The standard InChI is InChI=1S/C12H16N2S/c13-11-3-9-5-12(8-1-2-15-7-8)14-6-10(9)4-11/h5-6,8,11H,1-4,7,13H2. The van der Waals surface area contributed by atoms with Crippen LogP contribution in [0.3, 0.4) is 0 Å². The predicted octanol–water partition coefficient (Wildman–Crippen LogP) is 1.73. The van der Waals surface area contributed by atoms with Gasteiger partial charge in [-0.25, -0.2) is 0 Å². The Labute approximate surface area is 94.7 Å². The Morgan fingerprint density at radius 1 is 1.33 bits per heavy atom. The van der Waals surface area contributed by atoms with E-state index >= 15 is 0 Å². The molecule has 15 heavy (non-hydrogen) atoms. The fourth-order valence-corrected chi connectivity index (χ4v) is 3.79. The highest BCUT2D eigenvalue weighted by Gasteiger charge is 2.23. The molecule has 1 aromatic rings. The molecule has 2 unspecified atom stereocenters. The number of nitrogens with zero attached hydrogens (tertiary/aromatic N) is 1. The minimum absolute atomic E-state index is 0.329. The van der Waals surface area contributed by atoms with Gasteiger partial charge in [0.1, 0.15) is 0 Å². The fraction of sp³-hybridized carbons (Fsp3) is 0.583. The average molecular weight is 220 g/mol. The number of rotatable bonds is 1. The van der Waals surface area contributed by atoms with E-state index in [1.54, 1.807) is 0 Å². The molecule has 2 nitrogen and oxygen atoms in total. The SMILES string of the molecule is NC1Cc2cnc(C3CCSC3)cc2C1. The Balaban J connectivity index is 1.89. The molecule has 0 spiro atoms. The minimum atomic E-state index is 0.329. The molecular formula is C12H16N2S. The van der Waals surface area contributed by atoms with E-state index in [-0.39, 0.29) is 0 Å². The molecule has 0 saturated carbocycles. The molecule has 2 atom stereocenters. The van der Waals surface area contributed by atoms with Gasteiger partial charge in [-0.15, -0.1) is 0 Å². The highest BCUT2D eigenvalue weighted by molar-refractivity contribution is 7.99. The van der Waals surface area contributed by atoms with Crippen LogP contribution in [0.2, 0.25) is 0 Å². The zero-order valence-electron chi connectivity index (χ0n) is 8.78. The van der Waals surface area contributed by atoms with Crippen molar-refractivity contribution < 1.29 is 0 Å². The van der Waals surface area contributed by atoms with Gasteiger partial charge < -0.3 is 5.73 Å². The fourth-order valence-electron chi connectivity index (χ4n) is 2.55. The van der Waals surface area contributed by atoms with Crippen LogP contribution in [-0.4, -0.2) is 22.5 Å². The smallest absolute Gasteiger partial charge is 0.0446 e. The molecule has 1 fully saturated rings. The lowest BCUT2D eigenvalue weighted by atomic mass is 10.0. The number of thioether (sulfide) groups is 1. The van der Waals surface area contributed by atoms with Gasteiger partial charge in [-0.05, 0) is 42.2 Å². The summed E-state index contributed by atoms with van der Waals surface area (Å²) in [5.74, 6) is 3.23. The Morgan fingerprint density at radius 3 is 3.00 bits per heavy atom. The first-order chi connectivity index (χ1) is 7.33. The second-order valence-corrected chi connectivity index (χ2v) is 5.76. The van der Waals surface area contributed by atoms with Gasteiger partial charge in [-0.2, -0.15) is 11.8 Å². The quantitative estimate of drug-likeness (QED) is 0.783. The molecule has 2 heterocycles. The third-order valence-corrected chi connectivity index (χ3v) is 4.58. The van der Waals surface area contributed by atoms with Crippen LogP contribution < -0.4 is 5.73 Å². The molecule has 3 heteroatoms. The van der Waals surface area contributed by atoms with Crippen molar-refractivity contribution in [2.24, 2.45) is 5.73 Å². The zero-order chi connectivity index (χ0) is 10.3. The van der Waals surface area contributed by atoms with Crippen LogP contribution in [0.25, 0.3) is 0 Å². The van der Waals surface area contributed by atoms with Crippen LogP contribution in [0.5, 0.6) is 0 Å². The summed E-state index contributed by atoms with van der Waals surface area (Å²) in [5, 5.41) is 0. The number of pyridine rings is 1. The van der Waals surface area contributed by atoms with Gasteiger partial charge >= 0.3 is 0 Å². The second kappa shape index (κ2) is 3.80. The lowest BCUT2D eigenvalue weighted by Crippen LogP contribution is -2.19. The molecule has 0 aromatic carbocycles. The van der Waals surface area contributed by atoms with Gasteiger partial charge in [0.05, 0.1) is 0 Å². The van der Waals surface area contributed by atoms with Gasteiger partial charge in [0.15, 0.2) is 0 Å². The Morgan fingerprint density at radius 2 is 2.20 bits per heavy atom. The molecule has 2 aliphatic rings. The van der Waals surface area contributed by atoms with Gasteiger partial charge in [0.25, 0.3) is 0 Å². The van der Waals surface area contributed by atoms with E-state index in [4.69, 9.17) is 5.73 Å². The highest BCUT2D eigenvalue weighted by Crippen LogP contribution is 2.33. The van der Waals surface area contributed by atoms with Gasteiger partial charge in [-0.1, -0.05) is 0 Å². The molecule has 2 N–H and O–H groups in total. The van der Waals surface area contributed by atoms with Crippen molar-refractivity contribution in [2.45, 2.75) is 31.2 Å². The lowest BCUT2D eigenvalue weighted by molar-refractivity contribution is 0.720. The summed E-state index contributed by atoms with van der Waals surface area (Å²) < 4.78 is 0. The van der Waals surface area contributed by atoms with Crippen molar-refractivity contribution in [3.8, 4) is 0 Å². The van der Waals surface area contributed by atoms with E-state index in [2.05, 4.69) is 17.2 Å². The van der Waals surface area contributed by atoms with Crippen LogP contribution >= 0.6 is 11.8 Å². The predicted molar refractivity (Wildman–Crippen MR) is 64.3 cm³/mol. The molecule has 1 saturated heterocycles. The molecule has 1 aromatic heterocycles. The first kappa shape index (κ1) is 9.67. The maximum atomic E-state index is 5.96. The largest absolute Gasteiger partial charge is 0.327 e. The van der Waals surface area contributed by atoms with Crippen molar-refractivity contribution in [3.05, 3.63) is 29.1 Å². The van der Waals surface area contributed by atoms with Gasteiger partial charge in [0.2, 0.25) is 0 Å². The summed E-state index contributed by atoms with van der Waals surface area (Å²) in [6.45, 7) is 0. The minimum Gasteiger partial charge on any atom is -0.327 e. The molecule has 3 rings (SSSR count). The van der Waals surface area contributed by atoms with E-state index in [1.807, 2.05) is 11.8 Å².